The average Bonchev–Trinajstić information content (AvgIpc) is 3.13. The van der Waals surface area contributed by atoms with E-state index in [1.54, 1.807) is 18.5 Å². The zero-order valence-corrected chi connectivity index (χ0v) is 17.2. The molecule has 0 aromatic carbocycles. The Kier molecular flexibility index (Phi) is 6.62. The maximum absolute atomic E-state index is 12.7. The summed E-state index contributed by atoms with van der Waals surface area (Å²) in [5.74, 6) is 1.54. The van der Waals surface area contributed by atoms with Gasteiger partial charge in [0.15, 0.2) is 0 Å². The molecule has 29 heavy (non-hydrogen) atoms. The van der Waals surface area contributed by atoms with Crippen molar-refractivity contribution in [3.63, 3.8) is 0 Å². The zero-order chi connectivity index (χ0) is 20.1. The highest BCUT2D eigenvalue weighted by atomic mass is 16.5. The Morgan fingerprint density at radius 1 is 1.03 bits per heavy atom. The first-order valence-electron chi connectivity index (χ1n) is 11.2. The van der Waals surface area contributed by atoms with Crippen LogP contribution in [0, 0.1) is 17.8 Å². The zero-order valence-electron chi connectivity index (χ0n) is 17.2. The van der Waals surface area contributed by atoms with Crippen LogP contribution in [-0.4, -0.2) is 64.4 Å². The van der Waals surface area contributed by atoms with E-state index in [1.165, 1.54) is 19.3 Å². The number of ether oxygens (including phenoxy) is 1. The van der Waals surface area contributed by atoms with Crippen molar-refractivity contribution >= 4 is 11.8 Å². The van der Waals surface area contributed by atoms with E-state index in [0.717, 1.165) is 51.9 Å². The topological polar surface area (TPSA) is 75.6 Å². The lowest BCUT2D eigenvalue weighted by Crippen LogP contribution is -2.44. The number of amides is 2. The number of nitrogens with zero attached hydrogens (tertiary/aromatic N) is 4. The molecule has 2 saturated heterocycles. The summed E-state index contributed by atoms with van der Waals surface area (Å²) >= 11 is 0. The number of hydrogen-bond acceptors (Lipinski definition) is 5. The molecule has 0 spiro atoms. The van der Waals surface area contributed by atoms with Crippen LogP contribution >= 0.6 is 0 Å². The van der Waals surface area contributed by atoms with Crippen molar-refractivity contribution in [1.82, 2.24) is 19.8 Å². The molecular weight excluding hydrogens is 368 g/mol. The smallest absolute Gasteiger partial charge is 0.316 e. The fourth-order valence-electron chi connectivity index (χ4n) is 4.95. The summed E-state index contributed by atoms with van der Waals surface area (Å²) in [7, 11) is 0. The Morgan fingerprint density at radius 3 is 2.48 bits per heavy atom. The number of carbonyl (C=O) groups is 2. The van der Waals surface area contributed by atoms with Crippen LogP contribution in [0.15, 0.2) is 18.5 Å². The van der Waals surface area contributed by atoms with Gasteiger partial charge >= 0.3 is 6.01 Å². The molecule has 7 heteroatoms. The third-order valence-electron chi connectivity index (χ3n) is 6.64. The molecule has 3 fully saturated rings. The van der Waals surface area contributed by atoms with Crippen LogP contribution in [0.4, 0.5) is 0 Å². The predicted molar refractivity (Wildman–Crippen MR) is 108 cm³/mol. The molecule has 2 amide bonds. The second-order valence-electron chi connectivity index (χ2n) is 8.81. The van der Waals surface area contributed by atoms with Gasteiger partial charge in [0, 0.05) is 56.8 Å². The molecule has 0 radical (unpaired) electrons. The van der Waals surface area contributed by atoms with Crippen LogP contribution in [0.5, 0.6) is 6.01 Å². The van der Waals surface area contributed by atoms with Crippen molar-refractivity contribution in [2.75, 3.05) is 32.8 Å². The Labute approximate surface area is 172 Å². The molecule has 158 valence electrons. The molecule has 2 aliphatic heterocycles. The molecule has 1 aromatic rings. The first kappa shape index (κ1) is 20.1. The van der Waals surface area contributed by atoms with Gasteiger partial charge in [-0.2, -0.15) is 0 Å². The number of rotatable bonds is 6. The SMILES string of the molecule is O=C1CC(COc2ncccn2)CN1CC1CCN(C(=O)C2CCCCC2)CC1. The van der Waals surface area contributed by atoms with Crippen molar-refractivity contribution in [3.05, 3.63) is 18.5 Å². The van der Waals surface area contributed by atoms with Crippen LogP contribution in [0.2, 0.25) is 0 Å². The fraction of sp³-hybridized carbons (Fsp3) is 0.727. The van der Waals surface area contributed by atoms with E-state index in [4.69, 9.17) is 4.74 Å². The number of likely N-dealkylation sites (tertiary alicyclic amines) is 2. The summed E-state index contributed by atoms with van der Waals surface area (Å²) in [5.41, 5.74) is 0. The van der Waals surface area contributed by atoms with Crippen LogP contribution < -0.4 is 4.74 Å². The Balaban J connectivity index is 1.19. The Hall–Kier alpha value is -2.18. The lowest BCUT2D eigenvalue weighted by atomic mass is 9.87. The molecule has 1 aliphatic carbocycles. The average molecular weight is 401 g/mol. The molecule has 0 bridgehead atoms. The highest BCUT2D eigenvalue weighted by Gasteiger charge is 2.34. The molecule has 1 atom stereocenters. The Bertz CT molecular complexity index is 685. The minimum atomic E-state index is 0.194. The van der Waals surface area contributed by atoms with Gasteiger partial charge in [-0.1, -0.05) is 19.3 Å². The van der Waals surface area contributed by atoms with Gasteiger partial charge in [-0.3, -0.25) is 9.59 Å². The van der Waals surface area contributed by atoms with Gasteiger partial charge in [0.05, 0.1) is 6.61 Å². The lowest BCUT2D eigenvalue weighted by molar-refractivity contribution is -0.138. The van der Waals surface area contributed by atoms with Gasteiger partial charge in [0.25, 0.3) is 0 Å². The molecular formula is C22H32N4O3. The molecule has 1 aromatic heterocycles. The second-order valence-corrected chi connectivity index (χ2v) is 8.81. The highest BCUT2D eigenvalue weighted by Crippen LogP contribution is 2.28. The highest BCUT2D eigenvalue weighted by molar-refractivity contribution is 5.79. The van der Waals surface area contributed by atoms with Crippen LogP contribution in [0.3, 0.4) is 0 Å². The third kappa shape index (κ3) is 5.25. The molecule has 1 unspecified atom stereocenters. The van der Waals surface area contributed by atoms with E-state index in [-0.39, 0.29) is 17.7 Å². The summed E-state index contributed by atoms with van der Waals surface area (Å²) in [4.78, 5) is 37.3. The monoisotopic (exact) mass is 400 g/mol. The first-order valence-corrected chi connectivity index (χ1v) is 11.2. The molecule has 7 nitrogen and oxygen atoms in total. The molecule has 4 rings (SSSR count). The van der Waals surface area contributed by atoms with Crippen LogP contribution in [0.25, 0.3) is 0 Å². The van der Waals surface area contributed by atoms with Gasteiger partial charge in [-0.25, -0.2) is 9.97 Å². The summed E-state index contributed by atoms with van der Waals surface area (Å²) in [5, 5.41) is 0. The molecule has 1 saturated carbocycles. The van der Waals surface area contributed by atoms with Crippen molar-refractivity contribution in [2.24, 2.45) is 17.8 Å². The largest absolute Gasteiger partial charge is 0.463 e. The first-order chi connectivity index (χ1) is 14.2. The lowest BCUT2D eigenvalue weighted by Gasteiger charge is -2.36. The Morgan fingerprint density at radius 2 is 1.76 bits per heavy atom. The summed E-state index contributed by atoms with van der Waals surface area (Å²) in [6.45, 7) is 3.72. The van der Waals surface area contributed by atoms with E-state index < -0.39 is 0 Å². The maximum atomic E-state index is 12.7. The minimum absolute atomic E-state index is 0.194. The molecule has 3 aliphatic rings. The predicted octanol–water partition coefficient (Wildman–Crippen LogP) is 2.52. The van der Waals surface area contributed by atoms with Crippen molar-refractivity contribution in [1.29, 1.82) is 0 Å². The van der Waals surface area contributed by atoms with Gasteiger partial charge in [-0.05, 0) is 37.7 Å². The van der Waals surface area contributed by atoms with Crippen molar-refractivity contribution in [3.8, 4) is 6.01 Å². The third-order valence-corrected chi connectivity index (χ3v) is 6.64. The van der Waals surface area contributed by atoms with E-state index in [1.807, 2.05) is 4.90 Å². The minimum Gasteiger partial charge on any atom is -0.463 e. The van der Waals surface area contributed by atoms with Gasteiger partial charge in [0.2, 0.25) is 11.8 Å². The van der Waals surface area contributed by atoms with Crippen LogP contribution in [-0.2, 0) is 9.59 Å². The van der Waals surface area contributed by atoms with E-state index in [9.17, 15) is 9.59 Å². The summed E-state index contributed by atoms with van der Waals surface area (Å²) < 4.78 is 5.63. The number of aromatic nitrogens is 2. The van der Waals surface area contributed by atoms with E-state index >= 15 is 0 Å². The maximum Gasteiger partial charge on any atom is 0.316 e. The van der Waals surface area contributed by atoms with Crippen molar-refractivity contribution < 1.29 is 14.3 Å². The summed E-state index contributed by atoms with van der Waals surface area (Å²) in [6, 6.07) is 2.12. The standard InChI is InChI=1S/C22H32N4O3/c27-20-13-18(16-29-22-23-9-4-10-24-22)15-26(20)14-17-7-11-25(12-8-17)21(28)19-5-2-1-3-6-19/h4,9-10,17-19H,1-3,5-8,11-16H2. The second kappa shape index (κ2) is 9.55. The van der Waals surface area contributed by atoms with Crippen molar-refractivity contribution in [2.45, 2.75) is 51.4 Å². The quantitative estimate of drug-likeness (QED) is 0.733. The fourth-order valence-corrected chi connectivity index (χ4v) is 4.95. The molecule has 3 heterocycles. The normalized spacial score (nSPS) is 24.1. The van der Waals surface area contributed by atoms with Gasteiger partial charge < -0.3 is 14.5 Å². The van der Waals surface area contributed by atoms with Crippen LogP contribution in [0.1, 0.15) is 51.4 Å². The van der Waals surface area contributed by atoms with E-state index in [2.05, 4.69) is 14.9 Å². The number of hydrogen-bond donors (Lipinski definition) is 0. The summed E-state index contributed by atoms with van der Waals surface area (Å²) in [6.07, 6.45) is 11.7. The number of piperidine rings is 1. The van der Waals surface area contributed by atoms with Gasteiger partial charge in [0.1, 0.15) is 0 Å². The van der Waals surface area contributed by atoms with Gasteiger partial charge in [-0.15, -0.1) is 0 Å². The number of carbonyl (C=O) groups excluding carboxylic acids is 2. The molecule has 0 N–H and O–H groups in total. The van der Waals surface area contributed by atoms with E-state index in [0.29, 0.717) is 30.9 Å².